The molecule has 1 aliphatic heterocycles. The average Bonchev–Trinajstić information content (AvgIpc) is 2.95. The van der Waals surface area contributed by atoms with E-state index in [9.17, 15) is 10.1 Å². The molecule has 4 rings (SSSR count). The van der Waals surface area contributed by atoms with E-state index in [2.05, 4.69) is 9.97 Å². The Morgan fingerprint density at radius 2 is 2.10 bits per heavy atom. The summed E-state index contributed by atoms with van der Waals surface area (Å²) < 4.78 is 5.50. The Morgan fingerprint density at radius 1 is 1.29 bits per heavy atom. The van der Waals surface area contributed by atoms with Crippen LogP contribution in [0, 0.1) is 5.92 Å². The van der Waals surface area contributed by atoms with Crippen molar-refractivity contribution in [3.05, 3.63) is 30.0 Å². The Morgan fingerprint density at radius 3 is 2.90 bits per heavy atom. The molecular weight excluding hydrogens is 267 g/mol. The van der Waals surface area contributed by atoms with Gasteiger partial charge in [-0.3, -0.25) is 0 Å². The molecule has 6 heteroatoms. The highest BCUT2D eigenvalue weighted by Crippen LogP contribution is 2.43. The summed E-state index contributed by atoms with van der Waals surface area (Å²) in [5.74, 6) is 2.79. The molecule has 0 spiro atoms. The number of aliphatic hydroxyl groups is 1. The Bertz CT molecular complexity index is 704. The zero-order valence-electron chi connectivity index (χ0n) is 11.6. The monoisotopic (exact) mass is 284 g/mol. The van der Waals surface area contributed by atoms with Gasteiger partial charge in [-0.2, -0.15) is 0 Å². The molecule has 2 aliphatic rings. The molecule has 0 atom stereocenters. The summed E-state index contributed by atoms with van der Waals surface area (Å²) in [6, 6.07) is 1.99. The highest BCUT2D eigenvalue weighted by Gasteiger charge is 2.32. The van der Waals surface area contributed by atoms with E-state index in [0.29, 0.717) is 11.7 Å². The second kappa shape index (κ2) is 4.89. The topological polar surface area (TPSA) is 78.4 Å². The molecular formula is C15H17BN2O3. The smallest absolute Gasteiger partial charge is 0.531 e. The van der Waals surface area contributed by atoms with Crippen LogP contribution in [-0.4, -0.2) is 33.3 Å². The van der Waals surface area contributed by atoms with Gasteiger partial charge in [0.1, 0.15) is 11.4 Å². The van der Waals surface area contributed by atoms with Crippen LogP contribution in [0.5, 0.6) is 5.75 Å². The number of hydrogen-bond donors (Lipinski definition) is 3. The molecule has 0 bridgehead atoms. The molecule has 1 saturated carbocycles. The molecule has 2 aromatic rings. The fourth-order valence-electron chi connectivity index (χ4n) is 3.50. The van der Waals surface area contributed by atoms with E-state index in [4.69, 9.17) is 4.65 Å². The third kappa shape index (κ3) is 2.15. The first kappa shape index (κ1) is 12.9. The number of aromatic amines is 1. The fourth-order valence-corrected chi connectivity index (χ4v) is 3.50. The van der Waals surface area contributed by atoms with Crippen molar-refractivity contribution in [2.24, 2.45) is 5.92 Å². The van der Waals surface area contributed by atoms with E-state index < -0.39 is 7.12 Å². The first-order chi connectivity index (χ1) is 10.2. The molecule has 1 fully saturated rings. The van der Waals surface area contributed by atoms with Crippen molar-refractivity contribution in [3.8, 4) is 5.75 Å². The average molecular weight is 284 g/mol. The van der Waals surface area contributed by atoms with Crippen LogP contribution in [0.2, 0.25) is 0 Å². The van der Waals surface area contributed by atoms with Crippen LogP contribution >= 0.6 is 0 Å². The van der Waals surface area contributed by atoms with E-state index in [1.54, 1.807) is 12.2 Å². The first-order valence-electron chi connectivity index (χ1n) is 7.43. The number of fused-ring (bicyclic) bond motifs is 3. The minimum atomic E-state index is -0.919. The summed E-state index contributed by atoms with van der Waals surface area (Å²) >= 11 is 0. The van der Waals surface area contributed by atoms with Gasteiger partial charge in [0.15, 0.2) is 0 Å². The summed E-state index contributed by atoms with van der Waals surface area (Å²) in [4.78, 5) is 7.44. The van der Waals surface area contributed by atoms with Crippen molar-refractivity contribution < 1.29 is 14.8 Å². The van der Waals surface area contributed by atoms with Crippen LogP contribution in [0.4, 0.5) is 0 Å². The second-order valence-electron chi connectivity index (χ2n) is 5.87. The molecule has 3 N–H and O–H groups in total. The van der Waals surface area contributed by atoms with Gasteiger partial charge in [0, 0.05) is 17.1 Å². The maximum absolute atomic E-state index is 9.95. The molecule has 0 amide bonds. The van der Waals surface area contributed by atoms with Gasteiger partial charge in [-0.1, -0.05) is 0 Å². The van der Waals surface area contributed by atoms with Crippen LogP contribution in [0.25, 0.3) is 16.6 Å². The summed E-state index contributed by atoms with van der Waals surface area (Å²) in [5.41, 5.74) is 2.99. The fraction of sp³-hybridized carbons (Fsp3) is 0.400. The van der Waals surface area contributed by atoms with Crippen LogP contribution < -0.4 is 4.65 Å². The summed E-state index contributed by atoms with van der Waals surface area (Å²) in [6.45, 7) is 0. The van der Waals surface area contributed by atoms with Gasteiger partial charge in [-0.25, -0.2) is 4.98 Å². The summed E-state index contributed by atoms with van der Waals surface area (Å²) in [7, 11) is -0.919. The van der Waals surface area contributed by atoms with Crippen LogP contribution in [0.1, 0.15) is 31.2 Å². The van der Waals surface area contributed by atoms with Crippen LogP contribution in [0.3, 0.4) is 0 Å². The van der Waals surface area contributed by atoms with Gasteiger partial charge < -0.3 is 19.8 Å². The zero-order chi connectivity index (χ0) is 14.4. The number of aromatic nitrogens is 2. The first-order valence-corrected chi connectivity index (χ1v) is 7.43. The van der Waals surface area contributed by atoms with Gasteiger partial charge in [0.05, 0.1) is 12.3 Å². The normalized spacial score (nSPS) is 25.4. The zero-order valence-corrected chi connectivity index (χ0v) is 11.6. The predicted molar refractivity (Wildman–Crippen MR) is 80.6 cm³/mol. The van der Waals surface area contributed by atoms with Gasteiger partial charge in [-0.15, -0.1) is 0 Å². The second-order valence-corrected chi connectivity index (χ2v) is 5.87. The lowest BCUT2D eigenvalue weighted by atomic mass is 9.72. The highest BCUT2D eigenvalue weighted by molar-refractivity contribution is 6.52. The molecule has 0 radical (unpaired) electrons. The van der Waals surface area contributed by atoms with Crippen molar-refractivity contribution in [1.82, 2.24) is 9.97 Å². The number of hydrogen-bond acceptors (Lipinski definition) is 4. The Balaban J connectivity index is 1.82. The number of nitrogens with one attached hydrogen (secondary N) is 1. The minimum absolute atomic E-state index is 0.184. The molecule has 108 valence electrons. The third-order valence-electron chi connectivity index (χ3n) is 4.55. The largest absolute Gasteiger partial charge is 0.552 e. The van der Waals surface area contributed by atoms with E-state index >= 15 is 0 Å². The van der Waals surface area contributed by atoms with Crippen LogP contribution in [-0.2, 0) is 0 Å². The SMILES string of the molecule is OB1C=C([C@H]2CC[C@H](O)CC2)c2c(cnc3[nH]ccc23)O1. The quantitative estimate of drug-likeness (QED) is 0.699. The van der Waals surface area contributed by atoms with E-state index in [-0.39, 0.29) is 6.10 Å². The molecule has 21 heavy (non-hydrogen) atoms. The lowest BCUT2D eigenvalue weighted by molar-refractivity contribution is 0.119. The van der Waals surface area contributed by atoms with Crippen LogP contribution in [0.15, 0.2) is 24.4 Å². The number of pyridine rings is 1. The van der Waals surface area contributed by atoms with Gasteiger partial charge in [0.25, 0.3) is 0 Å². The highest BCUT2D eigenvalue weighted by atomic mass is 16.5. The third-order valence-corrected chi connectivity index (χ3v) is 4.55. The number of H-pyrrole nitrogens is 1. The minimum Gasteiger partial charge on any atom is -0.531 e. The summed E-state index contributed by atoms with van der Waals surface area (Å²) in [5, 5.41) is 20.7. The Hall–Kier alpha value is -1.79. The van der Waals surface area contributed by atoms with E-state index in [1.165, 1.54) is 0 Å². The molecule has 0 aromatic carbocycles. The van der Waals surface area contributed by atoms with Crippen molar-refractivity contribution >= 4 is 23.7 Å². The van der Waals surface area contributed by atoms with Crippen molar-refractivity contribution in [1.29, 1.82) is 0 Å². The van der Waals surface area contributed by atoms with E-state index in [1.807, 2.05) is 12.3 Å². The Labute approximate surface area is 122 Å². The number of allylic oxidation sites excluding steroid dienone is 1. The predicted octanol–water partition coefficient (Wildman–Crippen LogP) is 1.91. The molecule has 0 saturated heterocycles. The van der Waals surface area contributed by atoms with Crippen molar-refractivity contribution in [3.63, 3.8) is 0 Å². The maximum atomic E-state index is 9.95. The lowest BCUT2D eigenvalue weighted by Gasteiger charge is -2.31. The van der Waals surface area contributed by atoms with Crippen molar-refractivity contribution in [2.45, 2.75) is 31.8 Å². The molecule has 1 aliphatic carbocycles. The lowest BCUT2D eigenvalue weighted by Crippen LogP contribution is -2.27. The number of aliphatic hydroxyl groups excluding tert-OH is 1. The van der Waals surface area contributed by atoms with Gasteiger partial charge >= 0.3 is 7.12 Å². The number of nitrogens with zero attached hydrogens (tertiary/aromatic N) is 1. The molecule has 3 heterocycles. The Kier molecular flexibility index (Phi) is 3.01. The molecule has 5 nitrogen and oxygen atoms in total. The molecule has 0 unspecified atom stereocenters. The number of rotatable bonds is 1. The molecule has 2 aromatic heterocycles. The van der Waals surface area contributed by atoms with E-state index in [0.717, 1.165) is 47.9 Å². The maximum Gasteiger partial charge on any atom is 0.552 e. The van der Waals surface area contributed by atoms with Gasteiger partial charge in [-0.05, 0) is 49.2 Å². The van der Waals surface area contributed by atoms with Crippen molar-refractivity contribution in [2.75, 3.05) is 0 Å². The van der Waals surface area contributed by atoms with Gasteiger partial charge in [0.2, 0.25) is 0 Å². The standard InChI is InChI=1S/C15H17BN2O3/c19-10-3-1-9(2-4-10)12-7-16(20)21-13-8-18-15-11(14(12)13)5-6-17-15/h5-10,19-20H,1-4H2,(H,17,18)/t9-,10-. The summed E-state index contributed by atoms with van der Waals surface area (Å²) in [6.07, 6.45) is 6.86.